The minimum absolute atomic E-state index is 0.362. The fourth-order valence-corrected chi connectivity index (χ4v) is 2.85. The van der Waals surface area contributed by atoms with E-state index in [9.17, 15) is 0 Å². The number of nitrogens with one attached hydrogen (secondary N) is 1. The fourth-order valence-electron chi connectivity index (χ4n) is 2.32. The van der Waals surface area contributed by atoms with E-state index in [0.717, 1.165) is 6.54 Å². The normalized spacial score (nSPS) is 21.1. The van der Waals surface area contributed by atoms with Crippen LogP contribution in [0.5, 0.6) is 0 Å². The number of thiazole rings is 1. The lowest BCUT2D eigenvalue weighted by molar-refractivity contribution is 0.312. The van der Waals surface area contributed by atoms with Crippen LogP contribution in [0, 0.1) is 0 Å². The van der Waals surface area contributed by atoms with Gasteiger partial charge in [0.05, 0.1) is 5.51 Å². The van der Waals surface area contributed by atoms with Crippen molar-refractivity contribution in [1.82, 2.24) is 10.3 Å². The Morgan fingerprint density at radius 3 is 2.67 bits per heavy atom. The van der Waals surface area contributed by atoms with E-state index in [1.165, 1.54) is 43.4 Å². The number of hydrogen-bond donors (Lipinski definition) is 1. The Morgan fingerprint density at radius 2 is 2.07 bits per heavy atom. The van der Waals surface area contributed by atoms with Gasteiger partial charge < -0.3 is 5.32 Å². The van der Waals surface area contributed by atoms with Gasteiger partial charge in [0, 0.05) is 23.2 Å². The van der Waals surface area contributed by atoms with Gasteiger partial charge in [0.2, 0.25) is 0 Å². The van der Waals surface area contributed by atoms with Crippen molar-refractivity contribution >= 4 is 11.3 Å². The van der Waals surface area contributed by atoms with Gasteiger partial charge in [-0.1, -0.05) is 25.7 Å². The summed E-state index contributed by atoms with van der Waals surface area (Å²) in [6, 6.07) is 0. The van der Waals surface area contributed by atoms with Gasteiger partial charge in [-0.3, -0.25) is 4.98 Å². The molecule has 1 aromatic rings. The molecule has 0 bridgehead atoms. The Balaban J connectivity index is 1.86. The Bertz CT molecular complexity index is 274. The summed E-state index contributed by atoms with van der Waals surface area (Å²) in [6.45, 7) is 3.36. The standard InChI is InChI=1S/C12H20N2S/c1-12(6-4-2-3-5-7-12)14-9-11-8-13-10-15-11/h8,10,14H,2-7,9H2,1H3. The van der Waals surface area contributed by atoms with Gasteiger partial charge in [-0.05, 0) is 19.8 Å². The smallest absolute Gasteiger partial charge is 0.0794 e. The van der Waals surface area contributed by atoms with E-state index < -0.39 is 0 Å². The third-order valence-electron chi connectivity index (χ3n) is 3.38. The summed E-state index contributed by atoms with van der Waals surface area (Å²) >= 11 is 1.74. The van der Waals surface area contributed by atoms with Crippen LogP contribution in [0.3, 0.4) is 0 Å². The van der Waals surface area contributed by atoms with Crippen molar-refractivity contribution in [3.05, 3.63) is 16.6 Å². The molecule has 0 aromatic carbocycles. The molecule has 15 heavy (non-hydrogen) atoms. The molecule has 0 amide bonds. The molecular formula is C12H20N2S. The highest BCUT2D eigenvalue weighted by atomic mass is 32.1. The third kappa shape index (κ3) is 3.28. The van der Waals surface area contributed by atoms with Crippen LogP contribution in [0.25, 0.3) is 0 Å². The van der Waals surface area contributed by atoms with Crippen LogP contribution in [0.15, 0.2) is 11.7 Å². The summed E-state index contributed by atoms with van der Waals surface area (Å²) in [5.41, 5.74) is 2.27. The van der Waals surface area contributed by atoms with Crippen LogP contribution < -0.4 is 5.32 Å². The second-order valence-electron chi connectivity index (χ2n) is 4.80. The predicted molar refractivity (Wildman–Crippen MR) is 65.1 cm³/mol. The lowest BCUT2D eigenvalue weighted by atomic mass is 9.92. The molecule has 0 saturated heterocycles. The SMILES string of the molecule is CC1(NCc2cncs2)CCCCCC1. The molecule has 2 nitrogen and oxygen atoms in total. The summed E-state index contributed by atoms with van der Waals surface area (Å²) in [7, 11) is 0. The average Bonchev–Trinajstić information content (AvgIpc) is 2.65. The summed E-state index contributed by atoms with van der Waals surface area (Å²) in [4.78, 5) is 5.45. The first kappa shape index (κ1) is 11.1. The van der Waals surface area contributed by atoms with Crippen LogP contribution in [0.4, 0.5) is 0 Å². The Labute approximate surface area is 96.1 Å². The molecule has 84 valence electrons. The van der Waals surface area contributed by atoms with Crippen LogP contribution in [0.2, 0.25) is 0 Å². The van der Waals surface area contributed by atoms with E-state index in [-0.39, 0.29) is 0 Å². The number of nitrogens with zero attached hydrogens (tertiary/aromatic N) is 1. The molecule has 1 heterocycles. The molecule has 0 atom stereocenters. The number of aromatic nitrogens is 1. The highest BCUT2D eigenvalue weighted by molar-refractivity contribution is 7.09. The zero-order valence-electron chi connectivity index (χ0n) is 9.46. The first-order valence-electron chi connectivity index (χ1n) is 5.91. The van der Waals surface area contributed by atoms with Gasteiger partial charge in [0.25, 0.3) is 0 Å². The molecule has 1 aromatic heterocycles. The molecule has 0 spiro atoms. The van der Waals surface area contributed by atoms with E-state index in [1.54, 1.807) is 11.3 Å². The fraction of sp³-hybridized carbons (Fsp3) is 0.750. The molecular weight excluding hydrogens is 204 g/mol. The molecule has 0 unspecified atom stereocenters. The van der Waals surface area contributed by atoms with Crippen molar-refractivity contribution < 1.29 is 0 Å². The predicted octanol–water partition coefficient (Wildman–Crippen LogP) is 3.35. The quantitative estimate of drug-likeness (QED) is 0.796. The summed E-state index contributed by atoms with van der Waals surface area (Å²) in [6.07, 6.45) is 10.2. The summed E-state index contributed by atoms with van der Waals surface area (Å²) in [5, 5.41) is 3.71. The van der Waals surface area contributed by atoms with E-state index >= 15 is 0 Å². The minimum Gasteiger partial charge on any atom is -0.307 e. The van der Waals surface area contributed by atoms with Gasteiger partial charge in [-0.15, -0.1) is 11.3 Å². The average molecular weight is 224 g/mol. The van der Waals surface area contributed by atoms with Crippen LogP contribution in [0.1, 0.15) is 50.3 Å². The van der Waals surface area contributed by atoms with Gasteiger partial charge in [-0.25, -0.2) is 0 Å². The molecule has 0 radical (unpaired) electrons. The van der Waals surface area contributed by atoms with Gasteiger partial charge in [0.1, 0.15) is 0 Å². The van der Waals surface area contributed by atoms with Crippen molar-refractivity contribution in [2.45, 2.75) is 57.5 Å². The van der Waals surface area contributed by atoms with Crippen LogP contribution in [-0.4, -0.2) is 10.5 Å². The van der Waals surface area contributed by atoms with Crippen molar-refractivity contribution in [2.75, 3.05) is 0 Å². The lowest BCUT2D eigenvalue weighted by Gasteiger charge is -2.29. The van der Waals surface area contributed by atoms with Crippen molar-refractivity contribution in [3.63, 3.8) is 0 Å². The Morgan fingerprint density at radius 1 is 1.33 bits per heavy atom. The first-order valence-corrected chi connectivity index (χ1v) is 6.79. The Kier molecular flexibility index (Phi) is 3.76. The van der Waals surface area contributed by atoms with Crippen LogP contribution in [-0.2, 0) is 6.54 Å². The first-order chi connectivity index (χ1) is 7.29. The molecule has 1 saturated carbocycles. The second kappa shape index (κ2) is 5.08. The molecule has 0 aliphatic heterocycles. The minimum atomic E-state index is 0.362. The number of hydrogen-bond acceptors (Lipinski definition) is 3. The highest BCUT2D eigenvalue weighted by Crippen LogP contribution is 2.27. The van der Waals surface area contributed by atoms with Crippen molar-refractivity contribution in [1.29, 1.82) is 0 Å². The van der Waals surface area contributed by atoms with Gasteiger partial charge in [0.15, 0.2) is 0 Å². The Hall–Kier alpha value is -0.410. The maximum Gasteiger partial charge on any atom is 0.0794 e. The molecule has 1 aliphatic rings. The van der Waals surface area contributed by atoms with Crippen molar-refractivity contribution in [3.8, 4) is 0 Å². The molecule has 2 rings (SSSR count). The maximum absolute atomic E-state index is 4.11. The lowest BCUT2D eigenvalue weighted by Crippen LogP contribution is -2.41. The summed E-state index contributed by atoms with van der Waals surface area (Å²) in [5.74, 6) is 0. The zero-order chi connectivity index (χ0) is 10.6. The molecule has 1 aliphatic carbocycles. The monoisotopic (exact) mass is 224 g/mol. The van der Waals surface area contributed by atoms with Gasteiger partial charge >= 0.3 is 0 Å². The number of rotatable bonds is 3. The molecule has 3 heteroatoms. The van der Waals surface area contributed by atoms with E-state index in [2.05, 4.69) is 17.2 Å². The topological polar surface area (TPSA) is 24.9 Å². The van der Waals surface area contributed by atoms with Crippen molar-refractivity contribution in [2.24, 2.45) is 0 Å². The van der Waals surface area contributed by atoms with E-state index in [1.807, 2.05) is 11.7 Å². The largest absolute Gasteiger partial charge is 0.307 e. The summed E-state index contributed by atoms with van der Waals surface area (Å²) < 4.78 is 0. The second-order valence-corrected chi connectivity index (χ2v) is 5.77. The van der Waals surface area contributed by atoms with Gasteiger partial charge in [-0.2, -0.15) is 0 Å². The molecule has 1 fully saturated rings. The van der Waals surface area contributed by atoms with Crippen LogP contribution >= 0.6 is 11.3 Å². The maximum atomic E-state index is 4.11. The third-order valence-corrected chi connectivity index (χ3v) is 4.16. The van der Waals surface area contributed by atoms with E-state index in [4.69, 9.17) is 0 Å². The zero-order valence-corrected chi connectivity index (χ0v) is 10.3. The van der Waals surface area contributed by atoms with E-state index in [0.29, 0.717) is 5.54 Å². The highest BCUT2D eigenvalue weighted by Gasteiger charge is 2.24. The molecule has 1 N–H and O–H groups in total.